The molecule has 0 saturated carbocycles. The maximum atomic E-state index is 12.2. The number of hydrogen-bond donors (Lipinski definition) is 1. The SMILES string of the molecule is Cc1c(C(=O)OC(C)C)sc(NC(=O)/C=C/c2ccccc2Cl)c1C#N. The summed E-state index contributed by atoms with van der Waals surface area (Å²) < 4.78 is 5.17. The molecule has 1 aromatic heterocycles. The number of thiophene rings is 1. The molecule has 0 atom stereocenters. The van der Waals surface area contributed by atoms with E-state index < -0.39 is 11.9 Å². The molecule has 1 N–H and O–H groups in total. The molecule has 0 aliphatic carbocycles. The van der Waals surface area contributed by atoms with Crippen molar-refractivity contribution in [3.8, 4) is 6.07 Å². The molecule has 0 aliphatic rings. The molecule has 0 spiro atoms. The highest BCUT2D eigenvalue weighted by Crippen LogP contribution is 2.33. The first-order chi connectivity index (χ1) is 12.3. The van der Waals surface area contributed by atoms with Crippen molar-refractivity contribution in [2.75, 3.05) is 5.32 Å². The fourth-order valence-corrected chi connectivity index (χ4v) is 3.37. The fourth-order valence-electron chi connectivity index (χ4n) is 2.13. The van der Waals surface area contributed by atoms with Crippen molar-refractivity contribution in [3.05, 3.63) is 56.9 Å². The third-order valence-electron chi connectivity index (χ3n) is 3.34. The molecular weight excluding hydrogens is 372 g/mol. The molecule has 0 saturated heterocycles. The van der Waals surface area contributed by atoms with E-state index in [4.69, 9.17) is 16.3 Å². The van der Waals surface area contributed by atoms with Crippen LogP contribution in [-0.2, 0) is 9.53 Å². The van der Waals surface area contributed by atoms with Crippen LogP contribution in [0.2, 0.25) is 5.02 Å². The Morgan fingerprint density at radius 2 is 2.04 bits per heavy atom. The number of nitriles is 1. The van der Waals surface area contributed by atoms with Crippen molar-refractivity contribution in [2.24, 2.45) is 0 Å². The lowest BCUT2D eigenvalue weighted by atomic mass is 10.1. The van der Waals surface area contributed by atoms with Gasteiger partial charge in [0.2, 0.25) is 5.91 Å². The van der Waals surface area contributed by atoms with Gasteiger partial charge >= 0.3 is 5.97 Å². The molecule has 1 amide bonds. The number of halogens is 1. The third kappa shape index (κ3) is 4.72. The number of rotatable bonds is 5. The maximum absolute atomic E-state index is 12.2. The van der Waals surface area contributed by atoms with Gasteiger partial charge in [0.15, 0.2) is 0 Å². The van der Waals surface area contributed by atoms with Crippen LogP contribution < -0.4 is 5.32 Å². The van der Waals surface area contributed by atoms with Gasteiger partial charge in [-0.2, -0.15) is 5.26 Å². The molecule has 0 aliphatic heterocycles. The molecule has 1 heterocycles. The number of ether oxygens (including phenoxy) is 1. The molecule has 0 unspecified atom stereocenters. The van der Waals surface area contributed by atoms with E-state index in [1.165, 1.54) is 6.08 Å². The largest absolute Gasteiger partial charge is 0.459 e. The first-order valence-electron chi connectivity index (χ1n) is 7.81. The van der Waals surface area contributed by atoms with Crippen molar-refractivity contribution in [1.29, 1.82) is 5.26 Å². The summed E-state index contributed by atoms with van der Waals surface area (Å²) >= 11 is 7.07. The van der Waals surface area contributed by atoms with Crippen LogP contribution in [0.15, 0.2) is 30.3 Å². The number of nitrogens with zero attached hydrogens (tertiary/aromatic N) is 1. The number of esters is 1. The minimum absolute atomic E-state index is 0.255. The van der Waals surface area contributed by atoms with Crippen molar-refractivity contribution in [1.82, 2.24) is 0 Å². The molecule has 2 aromatic rings. The topological polar surface area (TPSA) is 79.2 Å². The van der Waals surface area contributed by atoms with Gasteiger partial charge in [-0.05, 0) is 44.0 Å². The van der Waals surface area contributed by atoms with Crippen LogP contribution in [0, 0.1) is 18.3 Å². The summed E-state index contributed by atoms with van der Waals surface area (Å²) in [4.78, 5) is 24.6. The van der Waals surface area contributed by atoms with E-state index in [1.54, 1.807) is 45.0 Å². The second-order valence-corrected chi connectivity index (χ2v) is 7.10. The number of hydrogen-bond acceptors (Lipinski definition) is 5. The van der Waals surface area contributed by atoms with Crippen molar-refractivity contribution < 1.29 is 14.3 Å². The molecule has 7 heteroatoms. The molecule has 26 heavy (non-hydrogen) atoms. The predicted molar refractivity (Wildman–Crippen MR) is 103 cm³/mol. The Morgan fingerprint density at radius 3 is 2.65 bits per heavy atom. The maximum Gasteiger partial charge on any atom is 0.348 e. The molecule has 1 aromatic carbocycles. The third-order valence-corrected chi connectivity index (χ3v) is 4.87. The Balaban J connectivity index is 2.21. The van der Waals surface area contributed by atoms with E-state index in [2.05, 4.69) is 5.32 Å². The van der Waals surface area contributed by atoms with E-state index in [1.807, 2.05) is 12.1 Å². The number of carbonyl (C=O) groups excluding carboxylic acids is 2. The van der Waals surface area contributed by atoms with Crippen LogP contribution in [0.3, 0.4) is 0 Å². The van der Waals surface area contributed by atoms with Gasteiger partial charge in [0, 0.05) is 11.1 Å². The number of anilines is 1. The van der Waals surface area contributed by atoms with E-state index in [9.17, 15) is 14.9 Å². The van der Waals surface area contributed by atoms with E-state index in [0.29, 0.717) is 26.0 Å². The van der Waals surface area contributed by atoms with Crippen LogP contribution in [0.25, 0.3) is 6.08 Å². The average molecular weight is 389 g/mol. The molecule has 2 rings (SSSR count). The summed E-state index contributed by atoms with van der Waals surface area (Å²) in [7, 11) is 0. The monoisotopic (exact) mass is 388 g/mol. The van der Waals surface area contributed by atoms with Gasteiger partial charge in [-0.1, -0.05) is 29.8 Å². The van der Waals surface area contributed by atoms with Crippen LogP contribution in [0.1, 0.15) is 40.2 Å². The molecule has 134 valence electrons. The van der Waals surface area contributed by atoms with Gasteiger partial charge in [0.05, 0.1) is 11.7 Å². The number of benzene rings is 1. The molecular formula is C19H17ClN2O3S. The van der Waals surface area contributed by atoms with Crippen LogP contribution in [-0.4, -0.2) is 18.0 Å². The van der Waals surface area contributed by atoms with Gasteiger partial charge < -0.3 is 10.1 Å². The predicted octanol–water partition coefficient (Wildman–Crippen LogP) is 4.80. The summed E-state index contributed by atoms with van der Waals surface area (Å²) in [6, 6.07) is 9.14. The van der Waals surface area contributed by atoms with Gasteiger partial charge in [0.1, 0.15) is 15.9 Å². The lowest BCUT2D eigenvalue weighted by Gasteiger charge is -2.06. The van der Waals surface area contributed by atoms with Crippen molar-refractivity contribution in [3.63, 3.8) is 0 Å². The highest BCUT2D eigenvalue weighted by atomic mass is 35.5. The molecule has 0 fully saturated rings. The zero-order valence-electron chi connectivity index (χ0n) is 14.5. The number of carbonyl (C=O) groups is 2. The summed E-state index contributed by atoms with van der Waals surface area (Å²) in [5, 5.41) is 12.8. The summed E-state index contributed by atoms with van der Waals surface area (Å²) in [6.07, 6.45) is 2.63. The standard InChI is InChI=1S/C19H17ClN2O3S/c1-11(2)25-19(24)17-12(3)14(10-21)18(26-17)22-16(23)9-8-13-6-4-5-7-15(13)20/h4-9,11H,1-3H3,(H,22,23)/b9-8+. The Hall–Kier alpha value is -2.62. The Bertz CT molecular complexity index is 910. The second kappa shape index (κ2) is 8.65. The fraction of sp³-hybridized carbons (Fsp3) is 0.211. The lowest BCUT2D eigenvalue weighted by molar-refractivity contribution is -0.111. The molecule has 5 nitrogen and oxygen atoms in total. The first-order valence-corrected chi connectivity index (χ1v) is 9.01. The summed E-state index contributed by atoms with van der Waals surface area (Å²) in [5.74, 6) is -0.933. The Kier molecular flexibility index (Phi) is 6.56. The lowest BCUT2D eigenvalue weighted by Crippen LogP contribution is -2.11. The number of amides is 1. The number of nitrogens with one attached hydrogen (secondary N) is 1. The highest BCUT2D eigenvalue weighted by Gasteiger charge is 2.22. The van der Waals surface area contributed by atoms with Gasteiger partial charge in [0.25, 0.3) is 0 Å². The van der Waals surface area contributed by atoms with Crippen molar-refractivity contribution in [2.45, 2.75) is 26.9 Å². The van der Waals surface area contributed by atoms with Crippen LogP contribution in [0.4, 0.5) is 5.00 Å². The molecule has 0 bridgehead atoms. The van der Waals surface area contributed by atoms with Crippen molar-refractivity contribution >= 4 is 45.9 Å². The van der Waals surface area contributed by atoms with Crippen LogP contribution in [0.5, 0.6) is 0 Å². The first kappa shape index (κ1) is 19.7. The smallest absolute Gasteiger partial charge is 0.348 e. The zero-order chi connectivity index (χ0) is 19.3. The van der Waals surface area contributed by atoms with E-state index in [0.717, 1.165) is 11.3 Å². The zero-order valence-corrected chi connectivity index (χ0v) is 16.1. The van der Waals surface area contributed by atoms with Gasteiger partial charge in [-0.3, -0.25) is 4.79 Å². The van der Waals surface area contributed by atoms with Crippen LogP contribution >= 0.6 is 22.9 Å². The Labute approximate surface area is 160 Å². The minimum atomic E-state index is -0.508. The van der Waals surface area contributed by atoms with E-state index in [-0.39, 0.29) is 11.7 Å². The average Bonchev–Trinajstić information content (AvgIpc) is 2.89. The van der Waals surface area contributed by atoms with Gasteiger partial charge in [-0.15, -0.1) is 11.3 Å². The second-order valence-electron chi connectivity index (χ2n) is 5.67. The Morgan fingerprint density at radius 1 is 1.35 bits per heavy atom. The van der Waals surface area contributed by atoms with Gasteiger partial charge in [-0.25, -0.2) is 4.79 Å². The molecule has 0 radical (unpaired) electrons. The summed E-state index contributed by atoms with van der Waals surface area (Å²) in [5.41, 5.74) is 1.45. The van der Waals surface area contributed by atoms with E-state index >= 15 is 0 Å². The summed E-state index contributed by atoms with van der Waals surface area (Å²) in [6.45, 7) is 5.14. The quantitative estimate of drug-likeness (QED) is 0.589. The minimum Gasteiger partial charge on any atom is -0.459 e. The highest BCUT2D eigenvalue weighted by molar-refractivity contribution is 7.18. The normalized spacial score (nSPS) is 10.8.